The summed E-state index contributed by atoms with van der Waals surface area (Å²) in [6, 6.07) is 7.66. The van der Waals surface area contributed by atoms with Gasteiger partial charge in [-0.15, -0.1) is 0 Å². The highest BCUT2D eigenvalue weighted by Gasteiger charge is 2.08. The lowest BCUT2D eigenvalue weighted by Crippen LogP contribution is -2.13. The average Bonchev–Trinajstić information content (AvgIpc) is 2.29. The van der Waals surface area contributed by atoms with Crippen LogP contribution in [0.2, 0.25) is 0 Å². The molecule has 0 radical (unpaired) electrons. The number of ether oxygens (including phenoxy) is 2. The first-order chi connectivity index (χ1) is 7.31. The van der Waals surface area contributed by atoms with Gasteiger partial charge in [0.25, 0.3) is 0 Å². The molecule has 1 unspecified atom stereocenters. The number of methoxy groups -OCH3 is 1. The fourth-order valence-corrected chi connectivity index (χ4v) is 1.39. The summed E-state index contributed by atoms with van der Waals surface area (Å²) < 4.78 is 11.0. The SMILES string of the molecule is C=CC(CCC)Oc1ccccc1OC. The van der Waals surface area contributed by atoms with Gasteiger partial charge >= 0.3 is 0 Å². The molecule has 2 nitrogen and oxygen atoms in total. The molecule has 2 heteroatoms. The van der Waals surface area contributed by atoms with E-state index in [1.54, 1.807) is 7.11 Å². The highest BCUT2D eigenvalue weighted by molar-refractivity contribution is 5.39. The minimum atomic E-state index is 0.0614. The van der Waals surface area contributed by atoms with Crippen LogP contribution in [0.25, 0.3) is 0 Å². The molecular weight excluding hydrogens is 188 g/mol. The second-order valence-corrected chi connectivity index (χ2v) is 3.33. The Hall–Kier alpha value is -1.44. The molecule has 0 heterocycles. The van der Waals surface area contributed by atoms with Crippen LogP contribution in [0.4, 0.5) is 0 Å². The van der Waals surface area contributed by atoms with Crippen LogP contribution in [-0.4, -0.2) is 13.2 Å². The molecule has 0 aliphatic carbocycles. The first-order valence-corrected chi connectivity index (χ1v) is 5.24. The van der Waals surface area contributed by atoms with Crippen LogP contribution >= 0.6 is 0 Å². The zero-order valence-electron chi connectivity index (χ0n) is 9.40. The Morgan fingerprint density at radius 1 is 1.33 bits per heavy atom. The molecule has 1 aromatic rings. The number of para-hydroxylation sites is 2. The predicted molar refractivity (Wildman–Crippen MR) is 62.5 cm³/mol. The van der Waals surface area contributed by atoms with Gasteiger partial charge in [0.05, 0.1) is 7.11 Å². The minimum Gasteiger partial charge on any atom is -0.493 e. The minimum absolute atomic E-state index is 0.0614. The lowest BCUT2D eigenvalue weighted by molar-refractivity contribution is 0.226. The van der Waals surface area contributed by atoms with Crippen LogP contribution in [-0.2, 0) is 0 Å². The van der Waals surface area contributed by atoms with Gasteiger partial charge in [-0.1, -0.05) is 38.1 Å². The average molecular weight is 206 g/mol. The first kappa shape index (κ1) is 11.6. The predicted octanol–water partition coefficient (Wildman–Crippen LogP) is 3.43. The van der Waals surface area contributed by atoms with E-state index in [0.717, 1.165) is 24.3 Å². The third-order valence-electron chi connectivity index (χ3n) is 2.18. The Morgan fingerprint density at radius 3 is 2.53 bits per heavy atom. The molecule has 0 bridgehead atoms. The molecule has 0 fully saturated rings. The Kier molecular flexibility index (Phi) is 4.75. The van der Waals surface area contributed by atoms with Crippen molar-refractivity contribution in [2.24, 2.45) is 0 Å². The lowest BCUT2D eigenvalue weighted by Gasteiger charge is -2.16. The molecule has 0 spiro atoms. The third kappa shape index (κ3) is 3.31. The van der Waals surface area contributed by atoms with Crippen molar-refractivity contribution in [2.75, 3.05) is 7.11 Å². The molecule has 0 aromatic heterocycles. The van der Waals surface area contributed by atoms with E-state index in [1.807, 2.05) is 30.3 Å². The van der Waals surface area contributed by atoms with Crippen LogP contribution < -0.4 is 9.47 Å². The molecule has 0 N–H and O–H groups in total. The van der Waals surface area contributed by atoms with Gasteiger partial charge in [-0.2, -0.15) is 0 Å². The largest absolute Gasteiger partial charge is 0.493 e. The normalized spacial score (nSPS) is 11.9. The van der Waals surface area contributed by atoms with Crippen molar-refractivity contribution >= 4 is 0 Å². The summed E-state index contributed by atoms with van der Waals surface area (Å²) in [6.07, 6.45) is 3.94. The summed E-state index contributed by atoms with van der Waals surface area (Å²) in [7, 11) is 1.64. The second-order valence-electron chi connectivity index (χ2n) is 3.33. The van der Waals surface area contributed by atoms with Gasteiger partial charge in [-0.3, -0.25) is 0 Å². The molecule has 1 rings (SSSR count). The molecule has 0 aliphatic rings. The lowest BCUT2D eigenvalue weighted by atomic mass is 10.2. The third-order valence-corrected chi connectivity index (χ3v) is 2.18. The maximum Gasteiger partial charge on any atom is 0.162 e. The topological polar surface area (TPSA) is 18.5 Å². The van der Waals surface area contributed by atoms with Gasteiger partial charge < -0.3 is 9.47 Å². The standard InChI is InChI=1S/C13H18O2/c1-4-8-11(5-2)15-13-10-7-6-9-12(13)14-3/h5-7,9-11H,2,4,8H2,1,3H3. The van der Waals surface area contributed by atoms with E-state index in [0.29, 0.717) is 0 Å². The monoisotopic (exact) mass is 206 g/mol. The quantitative estimate of drug-likeness (QED) is 0.664. The number of hydrogen-bond donors (Lipinski definition) is 0. The summed E-state index contributed by atoms with van der Waals surface area (Å²) in [4.78, 5) is 0. The van der Waals surface area contributed by atoms with Crippen molar-refractivity contribution in [1.82, 2.24) is 0 Å². The number of benzene rings is 1. The van der Waals surface area contributed by atoms with E-state index in [9.17, 15) is 0 Å². The highest BCUT2D eigenvalue weighted by atomic mass is 16.5. The number of rotatable bonds is 6. The zero-order chi connectivity index (χ0) is 11.1. The van der Waals surface area contributed by atoms with Crippen molar-refractivity contribution in [2.45, 2.75) is 25.9 Å². The summed E-state index contributed by atoms with van der Waals surface area (Å²) in [5, 5.41) is 0. The van der Waals surface area contributed by atoms with Crippen molar-refractivity contribution in [1.29, 1.82) is 0 Å². The maximum absolute atomic E-state index is 5.78. The van der Waals surface area contributed by atoms with Crippen LogP contribution in [0.15, 0.2) is 36.9 Å². The highest BCUT2D eigenvalue weighted by Crippen LogP contribution is 2.27. The van der Waals surface area contributed by atoms with E-state index in [1.165, 1.54) is 0 Å². The fraction of sp³-hybridized carbons (Fsp3) is 0.385. The van der Waals surface area contributed by atoms with Gasteiger partial charge in [0, 0.05) is 0 Å². The van der Waals surface area contributed by atoms with E-state index in [4.69, 9.17) is 9.47 Å². The van der Waals surface area contributed by atoms with Gasteiger partial charge in [0.1, 0.15) is 6.10 Å². The molecule has 15 heavy (non-hydrogen) atoms. The van der Waals surface area contributed by atoms with Crippen molar-refractivity contribution in [3.63, 3.8) is 0 Å². The van der Waals surface area contributed by atoms with Gasteiger partial charge in [0.15, 0.2) is 11.5 Å². The van der Waals surface area contributed by atoms with Gasteiger partial charge in [0.2, 0.25) is 0 Å². The summed E-state index contributed by atoms with van der Waals surface area (Å²) in [6.45, 7) is 5.89. The molecule has 82 valence electrons. The number of hydrogen-bond acceptors (Lipinski definition) is 2. The Balaban J connectivity index is 2.73. The van der Waals surface area contributed by atoms with Crippen LogP contribution in [0.5, 0.6) is 11.5 Å². The van der Waals surface area contributed by atoms with E-state index < -0.39 is 0 Å². The van der Waals surface area contributed by atoms with Crippen LogP contribution in [0.3, 0.4) is 0 Å². The van der Waals surface area contributed by atoms with Crippen molar-refractivity contribution < 1.29 is 9.47 Å². The molecule has 1 atom stereocenters. The van der Waals surface area contributed by atoms with Crippen LogP contribution in [0.1, 0.15) is 19.8 Å². The molecule has 0 saturated heterocycles. The molecule has 1 aromatic carbocycles. The summed E-state index contributed by atoms with van der Waals surface area (Å²) in [5.41, 5.74) is 0. The van der Waals surface area contributed by atoms with Crippen molar-refractivity contribution in [3.05, 3.63) is 36.9 Å². The van der Waals surface area contributed by atoms with E-state index in [-0.39, 0.29) is 6.10 Å². The Bertz CT molecular complexity index is 307. The maximum atomic E-state index is 5.78. The van der Waals surface area contributed by atoms with Gasteiger partial charge in [-0.05, 0) is 18.6 Å². The zero-order valence-corrected chi connectivity index (χ0v) is 9.40. The van der Waals surface area contributed by atoms with E-state index in [2.05, 4.69) is 13.5 Å². The molecular formula is C13H18O2. The molecule has 0 aliphatic heterocycles. The van der Waals surface area contributed by atoms with Crippen molar-refractivity contribution in [3.8, 4) is 11.5 Å². The second kappa shape index (κ2) is 6.12. The Labute approximate surface area is 91.5 Å². The molecule has 0 amide bonds. The smallest absolute Gasteiger partial charge is 0.162 e. The fourth-order valence-electron chi connectivity index (χ4n) is 1.39. The summed E-state index contributed by atoms with van der Waals surface area (Å²) >= 11 is 0. The first-order valence-electron chi connectivity index (χ1n) is 5.24. The van der Waals surface area contributed by atoms with Crippen LogP contribution in [0, 0.1) is 0 Å². The summed E-state index contributed by atoms with van der Waals surface area (Å²) in [5.74, 6) is 1.54. The van der Waals surface area contributed by atoms with E-state index >= 15 is 0 Å². The Morgan fingerprint density at radius 2 is 2.00 bits per heavy atom. The molecule has 0 saturated carbocycles. The van der Waals surface area contributed by atoms with Gasteiger partial charge in [-0.25, -0.2) is 0 Å².